The second kappa shape index (κ2) is 3.93. The van der Waals surface area contributed by atoms with Crippen LogP contribution in [0.1, 0.15) is 17.0 Å². The molecule has 0 radical (unpaired) electrons. The minimum absolute atomic E-state index is 0.671. The Bertz CT molecular complexity index is 591. The van der Waals surface area contributed by atoms with Crippen LogP contribution in [0.15, 0.2) is 35.7 Å². The number of aryl methyl sites for hydroxylation is 1. The van der Waals surface area contributed by atoms with Crippen molar-refractivity contribution in [2.75, 3.05) is 5.32 Å². The van der Waals surface area contributed by atoms with Crippen LogP contribution in [0.3, 0.4) is 0 Å². The number of aromatic nitrogens is 3. The third-order valence-electron chi connectivity index (χ3n) is 2.52. The minimum atomic E-state index is 0.671. The summed E-state index contributed by atoms with van der Waals surface area (Å²) in [5.41, 5.74) is 2.90. The lowest BCUT2D eigenvalue weighted by molar-refractivity contribution is 1.09. The SMILES string of the molecule is Cc1cncc(NC2=NCc3cccnc32)n1. The Morgan fingerprint density at radius 3 is 3.12 bits per heavy atom. The summed E-state index contributed by atoms with van der Waals surface area (Å²) in [6, 6.07) is 3.95. The van der Waals surface area contributed by atoms with Crippen LogP contribution in [0.5, 0.6) is 0 Å². The smallest absolute Gasteiger partial charge is 0.153 e. The molecule has 2 aromatic rings. The van der Waals surface area contributed by atoms with E-state index in [-0.39, 0.29) is 0 Å². The van der Waals surface area contributed by atoms with E-state index in [9.17, 15) is 0 Å². The molecule has 1 aliphatic rings. The predicted octanol–water partition coefficient (Wildman–Crippen LogP) is 1.55. The Morgan fingerprint density at radius 1 is 1.29 bits per heavy atom. The second-order valence-corrected chi connectivity index (χ2v) is 3.85. The molecule has 0 bridgehead atoms. The fourth-order valence-electron chi connectivity index (χ4n) is 1.76. The van der Waals surface area contributed by atoms with Gasteiger partial charge in [-0.1, -0.05) is 6.07 Å². The number of amidine groups is 1. The van der Waals surface area contributed by atoms with E-state index in [2.05, 4.69) is 25.3 Å². The van der Waals surface area contributed by atoms with Gasteiger partial charge < -0.3 is 5.32 Å². The van der Waals surface area contributed by atoms with Gasteiger partial charge in [0, 0.05) is 18.0 Å². The summed E-state index contributed by atoms with van der Waals surface area (Å²) in [5, 5.41) is 3.15. The van der Waals surface area contributed by atoms with E-state index in [1.807, 2.05) is 19.1 Å². The van der Waals surface area contributed by atoms with Crippen LogP contribution < -0.4 is 5.32 Å². The van der Waals surface area contributed by atoms with Crippen LogP contribution >= 0.6 is 0 Å². The average molecular weight is 225 g/mol. The maximum absolute atomic E-state index is 4.40. The van der Waals surface area contributed by atoms with Crippen LogP contribution in [0, 0.1) is 6.92 Å². The number of aliphatic imine (C=N–C) groups is 1. The lowest BCUT2D eigenvalue weighted by atomic mass is 10.2. The van der Waals surface area contributed by atoms with Gasteiger partial charge in [-0.15, -0.1) is 0 Å². The molecule has 0 atom stereocenters. The summed E-state index contributed by atoms with van der Waals surface area (Å²) in [4.78, 5) is 17.1. The number of hydrogen-bond acceptors (Lipinski definition) is 5. The molecule has 84 valence electrons. The van der Waals surface area contributed by atoms with Crippen LogP contribution in [0.4, 0.5) is 5.82 Å². The molecule has 5 nitrogen and oxygen atoms in total. The molecule has 17 heavy (non-hydrogen) atoms. The Balaban J connectivity index is 1.89. The maximum Gasteiger partial charge on any atom is 0.153 e. The van der Waals surface area contributed by atoms with Gasteiger partial charge in [0.15, 0.2) is 5.84 Å². The van der Waals surface area contributed by atoms with Gasteiger partial charge in [0.1, 0.15) is 11.5 Å². The summed E-state index contributed by atoms with van der Waals surface area (Å²) in [6.07, 6.45) is 5.16. The first-order valence-corrected chi connectivity index (χ1v) is 5.37. The predicted molar refractivity (Wildman–Crippen MR) is 64.9 cm³/mol. The molecule has 0 spiro atoms. The van der Waals surface area contributed by atoms with E-state index in [4.69, 9.17) is 0 Å². The number of rotatable bonds is 1. The zero-order valence-corrected chi connectivity index (χ0v) is 9.38. The first-order valence-electron chi connectivity index (χ1n) is 5.37. The first kappa shape index (κ1) is 9.89. The lowest BCUT2D eigenvalue weighted by Crippen LogP contribution is -2.14. The highest BCUT2D eigenvalue weighted by atomic mass is 15.1. The molecule has 0 amide bonds. The van der Waals surface area contributed by atoms with Crippen molar-refractivity contribution < 1.29 is 0 Å². The van der Waals surface area contributed by atoms with Crippen molar-refractivity contribution in [3.8, 4) is 0 Å². The second-order valence-electron chi connectivity index (χ2n) is 3.85. The van der Waals surface area contributed by atoms with Gasteiger partial charge in [0.2, 0.25) is 0 Å². The standard InChI is InChI=1S/C12H11N5/c1-8-5-13-7-10(16-8)17-12-11-9(6-15-12)3-2-4-14-11/h2-5,7H,6H2,1H3,(H,15,16,17). The van der Waals surface area contributed by atoms with Crippen LogP contribution in [0.2, 0.25) is 0 Å². The van der Waals surface area contributed by atoms with Gasteiger partial charge in [-0.25, -0.2) is 4.98 Å². The van der Waals surface area contributed by atoms with Crippen molar-refractivity contribution in [3.05, 3.63) is 47.7 Å². The summed E-state index contributed by atoms with van der Waals surface area (Å²) >= 11 is 0. The zero-order chi connectivity index (χ0) is 11.7. The number of nitrogens with zero attached hydrogens (tertiary/aromatic N) is 4. The summed E-state index contributed by atoms with van der Waals surface area (Å²) in [6.45, 7) is 2.57. The van der Waals surface area contributed by atoms with Gasteiger partial charge in [-0.05, 0) is 13.0 Å². The molecule has 0 saturated carbocycles. The summed E-state index contributed by atoms with van der Waals surface area (Å²) in [5.74, 6) is 1.46. The normalized spacial score (nSPS) is 13.1. The molecule has 0 fully saturated rings. The van der Waals surface area contributed by atoms with E-state index < -0.39 is 0 Å². The highest BCUT2D eigenvalue weighted by Crippen LogP contribution is 2.16. The summed E-state index contributed by atoms with van der Waals surface area (Å²) < 4.78 is 0. The van der Waals surface area contributed by atoms with Gasteiger partial charge in [-0.2, -0.15) is 0 Å². The topological polar surface area (TPSA) is 63.1 Å². The molecular formula is C12H11N5. The van der Waals surface area contributed by atoms with Crippen molar-refractivity contribution in [1.82, 2.24) is 15.0 Å². The lowest BCUT2D eigenvalue weighted by Gasteiger charge is -2.05. The van der Waals surface area contributed by atoms with Crippen molar-refractivity contribution >= 4 is 11.7 Å². The van der Waals surface area contributed by atoms with Crippen molar-refractivity contribution in [3.63, 3.8) is 0 Å². The van der Waals surface area contributed by atoms with E-state index in [0.29, 0.717) is 12.4 Å². The minimum Gasteiger partial charge on any atom is -0.322 e. The Kier molecular flexibility index (Phi) is 2.29. The fourth-order valence-corrected chi connectivity index (χ4v) is 1.76. The molecule has 0 aromatic carbocycles. The molecule has 0 aliphatic carbocycles. The highest BCUT2D eigenvalue weighted by molar-refractivity contribution is 6.08. The van der Waals surface area contributed by atoms with Crippen molar-refractivity contribution in [2.45, 2.75) is 13.5 Å². The molecular weight excluding hydrogens is 214 g/mol. The Morgan fingerprint density at radius 2 is 2.24 bits per heavy atom. The van der Waals surface area contributed by atoms with Gasteiger partial charge >= 0.3 is 0 Å². The first-order chi connectivity index (χ1) is 8.33. The third-order valence-corrected chi connectivity index (χ3v) is 2.52. The van der Waals surface area contributed by atoms with E-state index in [0.717, 1.165) is 22.8 Å². The fraction of sp³-hybridized carbons (Fsp3) is 0.167. The van der Waals surface area contributed by atoms with Crippen molar-refractivity contribution in [1.29, 1.82) is 0 Å². The molecule has 0 saturated heterocycles. The molecule has 3 heterocycles. The Hall–Kier alpha value is -2.30. The number of anilines is 1. The molecule has 0 unspecified atom stereocenters. The summed E-state index contributed by atoms with van der Waals surface area (Å²) in [7, 11) is 0. The van der Waals surface area contributed by atoms with E-state index in [1.165, 1.54) is 0 Å². The van der Waals surface area contributed by atoms with Crippen LogP contribution in [-0.2, 0) is 6.54 Å². The van der Waals surface area contributed by atoms with E-state index in [1.54, 1.807) is 18.6 Å². The quantitative estimate of drug-likeness (QED) is 0.799. The van der Waals surface area contributed by atoms with Gasteiger partial charge in [0.25, 0.3) is 0 Å². The number of nitrogens with one attached hydrogen (secondary N) is 1. The van der Waals surface area contributed by atoms with Gasteiger partial charge in [-0.3, -0.25) is 15.0 Å². The zero-order valence-electron chi connectivity index (χ0n) is 9.38. The molecule has 1 N–H and O–H groups in total. The molecule has 3 rings (SSSR count). The maximum atomic E-state index is 4.40. The number of pyridine rings is 1. The largest absolute Gasteiger partial charge is 0.322 e. The Labute approximate surface area is 98.7 Å². The third kappa shape index (κ3) is 1.87. The number of fused-ring (bicyclic) bond motifs is 1. The van der Waals surface area contributed by atoms with Gasteiger partial charge in [0.05, 0.1) is 18.4 Å². The monoisotopic (exact) mass is 225 g/mol. The van der Waals surface area contributed by atoms with Crippen LogP contribution in [-0.4, -0.2) is 20.8 Å². The average Bonchev–Trinajstić information content (AvgIpc) is 2.73. The molecule has 2 aromatic heterocycles. The molecule has 1 aliphatic heterocycles. The van der Waals surface area contributed by atoms with Crippen LogP contribution in [0.25, 0.3) is 0 Å². The highest BCUT2D eigenvalue weighted by Gasteiger charge is 2.16. The van der Waals surface area contributed by atoms with E-state index >= 15 is 0 Å². The number of hydrogen-bond donors (Lipinski definition) is 1. The van der Waals surface area contributed by atoms with Crippen molar-refractivity contribution in [2.24, 2.45) is 4.99 Å². The molecule has 5 heteroatoms.